The van der Waals surface area contributed by atoms with Gasteiger partial charge in [-0.05, 0) is 35.7 Å². The molecule has 0 aliphatic carbocycles. The van der Waals surface area contributed by atoms with Crippen LogP contribution >= 0.6 is 11.6 Å². The van der Waals surface area contributed by atoms with Crippen molar-refractivity contribution in [3.8, 4) is 5.75 Å². The van der Waals surface area contributed by atoms with E-state index in [1.165, 1.54) is 0 Å². The fraction of sp³-hybridized carbons (Fsp3) is 0.286. The highest BCUT2D eigenvalue weighted by Gasteiger charge is 2.45. The Morgan fingerprint density at radius 2 is 1.55 bits per heavy atom. The summed E-state index contributed by atoms with van der Waals surface area (Å²) in [6.07, 6.45) is 1.58. The maximum absolute atomic E-state index is 13.7. The van der Waals surface area contributed by atoms with Gasteiger partial charge in [0.1, 0.15) is 11.4 Å². The number of ether oxygens (including phenoxy) is 1. The topological polar surface area (TPSA) is 46.6 Å². The number of benzene rings is 3. The van der Waals surface area contributed by atoms with Crippen molar-refractivity contribution in [3.63, 3.8) is 0 Å². The number of hydrogen-bond acceptors (Lipinski definition) is 3. The van der Waals surface area contributed by atoms with E-state index in [1.807, 2.05) is 78.6 Å². The van der Waals surface area contributed by atoms with Crippen LogP contribution in [0.1, 0.15) is 52.2 Å². The second kappa shape index (κ2) is 8.68. The second-order valence-corrected chi connectivity index (χ2v) is 9.50. The minimum Gasteiger partial charge on any atom is -0.486 e. The number of rotatable bonds is 3. The van der Waals surface area contributed by atoms with Crippen LogP contribution in [0.3, 0.4) is 0 Å². The minimum absolute atomic E-state index is 0.0630. The molecule has 0 unspecified atom stereocenters. The van der Waals surface area contributed by atoms with E-state index in [9.17, 15) is 9.59 Å². The third-order valence-corrected chi connectivity index (χ3v) is 7.06. The summed E-state index contributed by atoms with van der Waals surface area (Å²) >= 11 is 6.16. The SMILES string of the molecule is Cc1cc(Cl)cc2c1OC1(CCN(C(=O)C(c3ccccc3)c3ccccc3)CC1)CC2=O. The molecule has 33 heavy (non-hydrogen) atoms. The lowest BCUT2D eigenvalue weighted by Crippen LogP contribution is -2.53. The monoisotopic (exact) mass is 459 g/mol. The Bertz CT molecular complexity index is 1150. The van der Waals surface area contributed by atoms with Gasteiger partial charge in [-0.1, -0.05) is 72.3 Å². The number of carbonyl (C=O) groups excluding carboxylic acids is 2. The van der Waals surface area contributed by atoms with Gasteiger partial charge in [0.2, 0.25) is 5.91 Å². The van der Waals surface area contributed by atoms with Crippen LogP contribution in [0.4, 0.5) is 0 Å². The van der Waals surface area contributed by atoms with Crippen molar-refractivity contribution < 1.29 is 14.3 Å². The zero-order chi connectivity index (χ0) is 23.0. The second-order valence-electron chi connectivity index (χ2n) is 9.06. The van der Waals surface area contributed by atoms with E-state index in [1.54, 1.807) is 6.07 Å². The first kappa shape index (κ1) is 21.7. The number of likely N-dealkylation sites (tertiary alicyclic amines) is 1. The van der Waals surface area contributed by atoms with Gasteiger partial charge in [-0.3, -0.25) is 9.59 Å². The molecule has 0 aromatic heterocycles. The summed E-state index contributed by atoms with van der Waals surface area (Å²) < 4.78 is 6.46. The molecule has 0 atom stereocenters. The molecule has 1 amide bonds. The maximum atomic E-state index is 13.7. The molecule has 2 heterocycles. The maximum Gasteiger partial charge on any atom is 0.234 e. The minimum atomic E-state index is -0.561. The van der Waals surface area contributed by atoms with Crippen LogP contribution in [0.25, 0.3) is 0 Å². The van der Waals surface area contributed by atoms with E-state index in [0.717, 1.165) is 16.7 Å². The molecule has 3 aromatic rings. The Morgan fingerprint density at radius 3 is 2.12 bits per heavy atom. The van der Waals surface area contributed by atoms with Gasteiger partial charge >= 0.3 is 0 Å². The highest BCUT2D eigenvalue weighted by molar-refractivity contribution is 6.31. The van der Waals surface area contributed by atoms with Gasteiger partial charge in [0.25, 0.3) is 0 Å². The van der Waals surface area contributed by atoms with Gasteiger partial charge in [-0.25, -0.2) is 0 Å². The summed E-state index contributed by atoms with van der Waals surface area (Å²) in [5, 5.41) is 0.549. The van der Waals surface area contributed by atoms with Crippen molar-refractivity contribution in [1.82, 2.24) is 4.90 Å². The van der Waals surface area contributed by atoms with Gasteiger partial charge in [0, 0.05) is 31.0 Å². The van der Waals surface area contributed by atoms with Crippen LogP contribution in [-0.2, 0) is 4.79 Å². The zero-order valence-electron chi connectivity index (χ0n) is 18.6. The summed E-state index contributed by atoms with van der Waals surface area (Å²) in [7, 11) is 0. The molecule has 5 heteroatoms. The number of amides is 1. The zero-order valence-corrected chi connectivity index (χ0v) is 19.3. The van der Waals surface area contributed by atoms with Crippen LogP contribution in [0, 0.1) is 6.92 Å². The van der Waals surface area contributed by atoms with E-state index in [0.29, 0.717) is 48.7 Å². The molecule has 168 valence electrons. The third kappa shape index (κ3) is 4.16. The standard InChI is InChI=1S/C28H26ClNO3/c1-19-16-22(29)17-23-24(31)18-28(33-26(19)23)12-14-30(15-13-28)27(32)25(20-8-4-2-5-9-20)21-10-6-3-7-11-21/h2-11,16-17,25H,12-15,18H2,1H3. The van der Waals surface area contributed by atoms with Crippen molar-refractivity contribution in [3.05, 3.63) is 100 Å². The predicted octanol–water partition coefficient (Wildman–Crippen LogP) is 5.81. The van der Waals surface area contributed by atoms with Gasteiger partial charge in [0.05, 0.1) is 17.9 Å². The molecule has 1 spiro atoms. The van der Waals surface area contributed by atoms with Gasteiger partial charge in [-0.2, -0.15) is 0 Å². The van der Waals surface area contributed by atoms with Crippen LogP contribution in [0.2, 0.25) is 5.02 Å². The van der Waals surface area contributed by atoms with Crippen LogP contribution in [0.15, 0.2) is 72.8 Å². The molecular formula is C28H26ClNO3. The molecule has 1 saturated heterocycles. The molecule has 0 bridgehead atoms. The van der Waals surface area contributed by atoms with Crippen molar-refractivity contribution in [2.45, 2.75) is 37.7 Å². The van der Waals surface area contributed by atoms with E-state index >= 15 is 0 Å². The first-order chi connectivity index (χ1) is 16.0. The summed E-state index contributed by atoms with van der Waals surface area (Å²) in [6, 6.07) is 23.4. The number of aryl methyl sites for hydroxylation is 1. The molecule has 2 aliphatic rings. The Labute approximate surface area is 199 Å². The van der Waals surface area contributed by atoms with E-state index < -0.39 is 5.60 Å². The average Bonchev–Trinajstić information content (AvgIpc) is 2.82. The van der Waals surface area contributed by atoms with Crippen molar-refractivity contribution in [1.29, 1.82) is 0 Å². The molecule has 3 aromatic carbocycles. The number of Topliss-reactive ketones (excluding diaryl/α,β-unsaturated/α-hetero) is 1. The van der Waals surface area contributed by atoms with Crippen LogP contribution in [0.5, 0.6) is 5.75 Å². The smallest absolute Gasteiger partial charge is 0.234 e. The van der Waals surface area contributed by atoms with Gasteiger partial charge in [-0.15, -0.1) is 0 Å². The molecule has 0 N–H and O–H groups in total. The molecule has 1 fully saturated rings. The quantitative estimate of drug-likeness (QED) is 0.496. The number of nitrogens with zero attached hydrogens (tertiary/aromatic N) is 1. The fourth-order valence-corrected chi connectivity index (χ4v) is 5.35. The summed E-state index contributed by atoms with van der Waals surface area (Å²) in [5.41, 5.74) is 2.85. The highest BCUT2D eigenvalue weighted by atomic mass is 35.5. The van der Waals surface area contributed by atoms with Crippen LogP contribution in [-0.4, -0.2) is 35.3 Å². The number of fused-ring (bicyclic) bond motifs is 1. The lowest BCUT2D eigenvalue weighted by Gasteiger charge is -2.45. The number of carbonyl (C=O) groups is 2. The molecule has 5 rings (SSSR count). The Morgan fingerprint density at radius 1 is 0.970 bits per heavy atom. The number of piperidine rings is 1. The molecule has 0 radical (unpaired) electrons. The third-order valence-electron chi connectivity index (χ3n) is 6.84. The predicted molar refractivity (Wildman–Crippen MR) is 129 cm³/mol. The molecule has 4 nitrogen and oxygen atoms in total. The molecule has 0 saturated carbocycles. The Hall–Kier alpha value is -3.11. The highest BCUT2D eigenvalue weighted by Crippen LogP contribution is 2.42. The van der Waals surface area contributed by atoms with Gasteiger partial charge < -0.3 is 9.64 Å². The van der Waals surface area contributed by atoms with E-state index in [-0.39, 0.29) is 17.6 Å². The summed E-state index contributed by atoms with van der Waals surface area (Å²) in [6.45, 7) is 3.04. The number of hydrogen-bond donors (Lipinski definition) is 0. The Balaban J connectivity index is 1.37. The summed E-state index contributed by atoms with van der Waals surface area (Å²) in [5.74, 6) is 0.447. The average molecular weight is 460 g/mol. The largest absolute Gasteiger partial charge is 0.486 e. The van der Waals surface area contributed by atoms with E-state index in [2.05, 4.69) is 0 Å². The van der Waals surface area contributed by atoms with Crippen molar-refractivity contribution in [2.24, 2.45) is 0 Å². The van der Waals surface area contributed by atoms with Gasteiger partial charge in [0.15, 0.2) is 5.78 Å². The fourth-order valence-electron chi connectivity index (χ4n) is 5.08. The number of ketones is 1. The molecular weight excluding hydrogens is 434 g/mol. The normalized spacial score (nSPS) is 17.1. The lowest BCUT2D eigenvalue weighted by atomic mass is 9.81. The first-order valence-electron chi connectivity index (χ1n) is 11.4. The van der Waals surface area contributed by atoms with Crippen molar-refractivity contribution in [2.75, 3.05) is 13.1 Å². The summed E-state index contributed by atoms with van der Waals surface area (Å²) in [4.78, 5) is 28.6. The first-order valence-corrected chi connectivity index (χ1v) is 11.7. The Kier molecular flexibility index (Phi) is 5.71. The number of halogens is 1. The van der Waals surface area contributed by atoms with E-state index in [4.69, 9.17) is 16.3 Å². The van der Waals surface area contributed by atoms with Crippen molar-refractivity contribution >= 4 is 23.3 Å². The van der Waals surface area contributed by atoms with Crippen LogP contribution < -0.4 is 4.74 Å². The molecule has 2 aliphatic heterocycles. The lowest BCUT2D eigenvalue weighted by molar-refractivity contribution is -0.135.